The minimum atomic E-state index is -0.953. The zero-order valence-corrected chi connectivity index (χ0v) is 6.00. The first-order chi connectivity index (χ1) is 4.27. The molecule has 0 aliphatic carbocycles. The Labute approximate surface area is 59.5 Å². The van der Waals surface area contributed by atoms with E-state index in [-0.39, 0.29) is 12.8 Å². The van der Waals surface area contributed by atoms with E-state index in [0.29, 0.717) is 13.2 Å². The molecule has 0 radical (unpaired) electrons. The molecule has 0 aromatic heterocycles. The van der Waals surface area contributed by atoms with Gasteiger partial charge in [0.25, 0.3) is 0 Å². The van der Waals surface area contributed by atoms with Crippen LogP contribution in [0.2, 0.25) is 0 Å². The monoisotopic (exact) mass is 151 g/mol. The van der Waals surface area contributed by atoms with Crippen LogP contribution in [0.3, 0.4) is 0 Å². The minimum absolute atomic E-state index is 0. The first kappa shape index (κ1) is 12.1. The van der Waals surface area contributed by atoms with Gasteiger partial charge in [0, 0.05) is 7.11 Å². The standard InChI is InChI=1S/C5H10O4.H3N/c1-8-2-3-9-4-5(6)7;/h2-4H2,1H3,(H,6,7);1H3. The van der Waals surface area contributed by atoms with Crippen LogP contribution >= 0.6 is 0 Å². The second kappa shape index (κ2) is 8.35. The summed E-state index contributed by atoms with van der Waals surface area (Å²) < 4.78 is 9.22. The Morgan fingerprint density at radius 3 is 2.50 bits per heavy atom. The summed E-state index contributed by atoms with van der Waals surface area (Å²) in [7, 11) is 1.53. The molecule has 62 valence electrons. The third-order valence-corrected chi connectivity index (χ3v) is 0.657. The summed E-state index contributed by atoms with van der Waals surface area (Å²) >= 11 is 0. The summed E-state index contributed by atoms with van der Waals surface area (Å²) in [6.45, 7) is 0.527. The van der Waals surface area contributed by atoms with Gasteiger partial charge in [-0.2, -0.15) is 0 Å². The Balaban J connectivity index is 0. The lowest BCUT2D eigenvalue weighted by atomic mass is 10.7. The molecule has 0 bridgehead atoms. The highest BCUT2D eigenvalue weighted by Gasteiger charge is 1.93. The highest BCUT2D eigenvalue weighted by atomic mass is 16.5. The zero-order valence-electron chi connectivity index (χ0n) is 6.00. The van der Waals surface area contributed by atoms with Gasteiger partial charge < -0.3 is 20.7 Å². The van der Waals surface area contributed by atoms with Crippen LogP contribution in [0.25, 0.3) is 0 Å². The van der Waals surface area contributed by atoms with Gasteiger partial charge in [0.15, 0.2) is 0 Å². The number of hydrogen-bond acceptors (Lipinski definition) is 4. The Hall–Kier alpha value is -0.650. The van der Waals surface area contributed by atoms with Crippen LogP contribution in [0.5, 0.6) is 0 Å². The van der Waals surface area contributed by atoms with Crippen molar-refractivity contribution < 1.29 is 19.4 Å². The number of aliphatic carboxylic acids is 1. The Morgan fingerprint density at radius 1 is 1.50 bits per heavy atom. The van der Waals surface area contributed by atoms with Crippen molar-refractivity contribution >= 4 is 5.97 Å². The van der Waals surface area contributed by atoms with Crippen LogP contribution in [-0.4, -0.2) is 38.0 Å². The highest BCUT2D eigenvalue weighted by Crippen LogP contribution is 1.74. The van der Waals surface area contributed by atoms with Crippen LogP contribution in [-0.2, 0) is 14.3 Å². The molecule has 0 saturated heterocycles. The summed E-state index contributed by atoms with van der Waals surface area (Å²) in [4.78, 5) is 9.80. The molecule has 0 aliphatic rings. The average Bonchev–Trinajstić information content (AvgIpc) is 1.80. The van der Waals surface area contributed by atoms with E-state index in [1.807, 2.05) is 0 Å². The molecule has 0 atom stereocenters. The largest absolute Gasteiger partial charge is 0.480 e. The molecule has 0 heterocycles. The minimum Gasteiger partial charge on any atom is -0.480 e. The van der Waals surface area contributed by atoms with Gasteiger partial charge in [-0.25, -0.2) is 4.79 Å². The van der Waals surface area contributed by atoms with E-state index in [9.17, 15) is 4.79 Å². The van der Waals surface area contributed by atoms with Gasteiger partial charge in [-0.3, -0.25) is 0 Å². The molecule has 0 aliphatic heterocycles. The molecule has 0 aromatic rings. The molecule has 0 fully saturated rings. The summed E-state index contributed by atoms with van der Waals surface area (Å²) in [5.74, 6) is -0.953. The van der Waals surface area contributed by atoms with Crippen molar-refractivity contribution in [1.29, 1.82) is 0 Å². The number of carboxylic acid groups (broad SMARTS) is 1. The molecular formula is C5H13NO4. The van der Waals surface area contributed by atoms with Gasteiger partial charge >= 0.3 is 5.97 Å². The van der Waals surface area contributed by atoms with E-state index in [0.717, 1.165) is 0 Å². The van der Waals surface area contributed by atoms with E-state index in [2.05, 4.69) is 9.47 Å². The number of carbonyl (C=O) groups is 1. The van der Waals surface area contributed by atoms with Gasteiger partial charge in [0.2, 0.25) is 0 Å². The molecular weight excluding hydrogens is 138 g/mol. The van der Waals surface area contributed by atoms with Crippen LogP contribution in [0, 0.1) is 0 Å². The Morgan fingerprint density at radius 2 is 2.10 bits per heavy atom. The van der Waals surface area contributed by atoms with Gasteiger partial charge in [-0.05, 0) is 0 Å². The quantitative estimate of drug-likeness (QED) is 0.535. The highest BCUT2D eigenvalue weighted by molar-refractivity contribution is 5.67. The number of methoxy groups -OCH3 is 1. The summed E-state index contributed by atoms with van der Waals surface area (Å²) in [6.07, 6.45) is 0. The topological polar surface area (TPSA) is 90.8 Å². The number of rotatable bonds is 5. The lowest BCUT2D eigenvalue weighted by molar-refractivity contribution is -0.142. The van der Waals surface area contributed by atoms with E-state index in [1.165, 1.54) is 7.11 Å². The van der Waals surface area contributed by atoms with Crippen LogP contribution < -0.4 is 6.15 Å². The van der Waals surface area contributed by atoms with E-state index >= 15 is 0 Å². The fourth-order valence-electron chi connectivity index (χ4n) is 0.302. The van der Waals surface area contributed by atoms with Crippen LogP contribution in [0.4, 0.5) is 0 Å². The second-order valence-corrected chi connectivity index (χ2v) is 1.44. The first-order valence-electron chi connectivity index (χ1n) is 2.56. The first-order valence-corrected chi connectivity index (χ1v) is 2.56. The molecule has 0 spiro atoms. The fraction of sp³-hybridized carbons (Fsp3) is 0.800. The van der Waals surface area contributed by atoms with Crippen molar-refractivity contribution in [3.63, 3.8) is 0 Å². The van der Waals surface area contributed by atoms with Crippen molar-refractivity contribution in [1.82, 2.24) is 6.15 Å². The van der Waals surface area contributed by atoms with Crippen LogP contribution in [0.15, 0.2) is 0 Å². The molecule has 0 saturated carbocycles. The van der Waals surface area contributed by atoms with E-state index in [4.69, 9.17) is 5.11 Å². The van der Waals surface area contributed by atoms with Crippen LogP contribution in [0.1, 0.15) is 0 Å². The maximum atomic E-state index is 9.80. The number of ether oxygens (including phenoxy) is 2. The third kappa shape index (κ3) is 10.4. The van der Waals surface area contributed by atoms with Crippen molar-refractivity contribution in [2.24, 2.45) is 0 Å². The number of hydrogen-bond donors (Lipinski definition) is 2. The molecule has 0 unspecified atom stereocenters. The Bertz CT molecular complexity index is 85.7. The summed E-state index contributed by atoms with van der Waals surface area (Å²) in [6, 6.07) is 0. The van der Waals surface area contributed by atoms with E-state index < -0.39 is 5.97 Å². The average molecular weight is 151 g/mol. The smallest absolute Gasteiger partial charge is 0.329 e. The second-order valence-electron chi connectivity index (χ2n) is 1.44. The summed E-state index contributed by atoms with van der Waals surface area (Å²) in [5.41, 5.74) is 0. The van der Waals surface area contributed by atoms with Gasteiger partial charge in [-0.15, -0.1) is 0 Å². The van der Waals surface area contributed by atoms with Crippen molar-refractivity contribution in [3.05, 3.63) is 0 Å². The third-order valence-electron chi connectivity index (χ3n) is 0.657. The lowest BCUT2D eigenvalue weighted by Crippen LogP contribution is -2.10. The molecule has 0 rings (SSSR count). The Kier molecular flexibility index (Phi) is 10.1. The van der Waals surface area contributed by atoms with Gasteiger partial charge in [0.1, 0.15) is 6.61 Å². The molecule has 0 aromatic carbocycles. The van der Waals surface area contributed by atoms with E-state index in [1.54, 1.807) is 0 Å². The van der Waals surface area contributed by atoms with Crippen molar-refractivity contribution in [2.45, 2.75) is 0 Å². The maximum Gasteiger partial charge on any atom is 0.329 e. The predicted molar refractivity (Wildman–Crippen MR) is 35.4 cm³/mol. The number of carboxylic acids is 1. The molecule has 5 nitrogen and oxygen atoms in total. The molecule has 10 heavy (non-hydrogen) atoms. The molecule has 5 heteroatoms. The zero-order chi connectivity index (χ0) is 7.11. The fourth-order valence-corrected chi connectivity index (χ4v) is 0.302. The van der Waals surface area contributed by atoms with Gasteiger partial charge in [0.05, 0.1) is 13.2 Å². The SMILES string of the molecule is COCCOCC(=O)O.N. The summed E-state index contributed by atoms with van der Waals surface area (Å²) in [5, 5.41) is 8.05. The lowest BCUT2D eigenvalue weighted by Gasteiger charge is -1.97. The molecule has 4 N–H and O–H groups in total. The maximum absolute atomic E-state index is 9.80. The normalized spacial score (nSPS) is 8.50. The van der Waals surface area contributed by atoms with Gasteiger partial charge in [-0.1, -0.05) is 0 Å². The predicted octanol–water partition coefficient (Wildman–Crippen LogP) is -0.104. The van der Waals surface area contributed by atoms with Crippen molar-refractivity contribution in [2.75, 3.05) is 26.9 Å². The molecule has 0 amide bonds. The van der Waals surface area contributed by atoms with Crippen molar-refractivity contribution in [3.8, 4) is 0 Å².